The minimum absolute atomic E-state index is 0.246. The zero-order chi connectivity index (χ0) is 28.3. The van der Waals surface area contributed by atoms with Crippen LogP contribution in [0.1, 0.15) is 5.56 Å². The molecule has 5 heterocycles. The Kier molecular flexibility index (Phi) is 6.97. The van der Waals surface area contributed by atoms with Crippen molar-refractivity contribution in [2.45, 2.75) is 6.54 Å². The highest BCUT2D eigenvalue weighted by Gasteiger charge is 2.19. The number of likely N-dealkylation sites (N-methyl/N-ethyl adjacent to an activating group) is 1. The minimum atomic E-state index is -0.253. The van der Waals surface area contributed by atoms with Crippen LogP contribution in [0.4, 0.5) is 17.3 Å². The van der Waals surface area contributed by atoms with Gasteiger partial charge < -0.3 is 15.1 Å². The summed E-state index contributed by atoms with van der Waals surface area (Å²) in [6, 6.07) is 17.5. The van der Waals surface area contributed by atoms with Crippen molar-refractivity contribution in [3.8, 4) is 23.1 Å². The van der Waals surface area contributed by atoms with Crippen molar-refractivity contribution >= 4 is 28.4 Å². The Morgan fingerprint density at radius 2 is 1.85 bits per heavy atom. The number of piperazine rings is 1. The van der Waals surface area contributed by atoms with Gasteiger partial charge in [0.15, 0.2) is 11.5 Å². The van der Waals surface area contributed by atoms with Gasteiger partial charge >= 0.3 is 0 Å². The molecule has 204 valence electrons. The summed E-state index contributed by atoms with van der Waals surface area (Å²) >= 11 is 0. The molecule has 1 aliphatic heterocycles. The van der Waals surface area contributed by atoms with Crippen LogP contribution in [0.3, 0.4) is 0 Å². The van der Waals surface area contributed by atoms with E-state index in [1.54, 1.807) is 29.1 Å². The lowest BCUT2D eigenvalue weighted by Crippen LogP contribution is -2.44. The molecule has 6 rings (SSSR count). The van der Waals surface area contributed by atoms with E-state index in [1.165, 1.54) is 22.8 Å². The van der Waals surface area contributed by atoms with E-state index in [2.05, 4.69) is 56.9 Å². The molecule has 0 radical (unpaired) electrons. The van der Waals surface area contributed by atoms with Gasteiger partial charge in [-0.1, -0.05) is 12.1 Å². The van der Waals surface area contributed by atoms with E-state index >= 15 is 0 Å². The molecule has 41 heavy (non-hydrogen) atoms. The first-order chi connectivity index (χ1) is 20.1. The third kappa shape index (κ3) is 5.04. The van der Waals surface area contributed by atoms with Crippen LogP contribution in [0.5, 0.6) is 0 Å². The van der Waals surface area contributed by atoms with Crippen LogP contribution in [0.2, 0.25) is 0 Å². The van der Waals surface area contributed by atoms with Gasteiger partial charge in [0.2, 0.25) is 5.95 Å². The second-order valence-electron chi connectivity index (χ2n) is 9.79. The van der Waals surface area contributed by atoms with Crippen molar-refractivity contribution in [2.24, 2.45) is 0 Å². The van der Waals surface area contributed by atoms with E-state index in [0.29, 0.717) is 39.6 Å². The van der Waals surface area contributed by atoms with E-state index < -0.39 is 0 Å². The maximum absolute atomic E-state index is 13.4. The molecule has 11 heteroatoms. The molecule has 0 atom stereocenters. The number of allylic oxidation sites excluding steroid dienone is 1. The Bertz CT molecular complexity index is 1830. The molecule has 0 amide bonds. The van der Waals surface area contributed by atoms with Crippen LogP contribution in [-0.2, 0) is 6.54 Å². The molecule has 4 aromatic heterocycles. The van der Waals surface area contributed by atoms with E-state index in [4.69, 9.17) is 9.97 Å². The molecule has 1 fully saturated rings. The lowest BCUT2D eigenvalue weighted by molar-refractivity contribution is 0.313. The summed E-state index contributed by atoms with van der Waals surface area (Å²) in [4.78, 5) is 36.1. The zero-order valence-corrected chi connectivity index (χ0v) is 22.6. The van der Waals surface area contributed by atoms with Gasteiger partial charge in [0, 0.05) is 61.7 Å². The first kappa shape index (κ1) is 25.9. The van der Waals surface area contributed by atoms with Gasteiger partial charge in [-0.05, 0) is 49.5 Å². The number of hydrogen-bond donors (Lipinski definition) is 1. The van der Waals surface area contributed by atoms with Gasteiger partial charge in [-0.25, -0.2) is 19.3 Å². The second kappa shape index (κ2) is 11.0. The summed E-state index contributed by atoms with van der Waals surface area (Å²) in [6.07, 6.45) is 6.30. The van der Waals surface area contributed by atoms with E-state index in [-0.39, 0.29) is 12.1 Å². The van der Waals surface area contributed by atoms with Crippen molar-refractivity contribution in [2.75, 3.05) is 43.4 Å². The Morgan fingerprint density at radius 3 is 2.61 bits per heavy atom. The number of fused-ring (bicyclic) bond motifs is 1. The number of aromatic nitrogens is 6. The number of nitriles is 1. The van der Waals surface area contributed by atoms with Crippen molar-refractivity contribution in [1.29, 1.82) is 5.26 Å². The average molecular weight is 545 g/mol. The summed E-state index contributed by atoms with van der Waals surface area (Å²) in [5.41, 5.74) is 3.80. The number of rotatable bonds is 7. The Morgan fingerprint density at radius 1 is 1.05 bits per heavy atom. The molecule has 11 nitrogen and oxygen atoms in total. The molecular weight excluding hydrogens is 516 g/mol. The van der Waals surface area contributed by atoms with Crippen LogP contribution in [-0.4, -0.2) is 67.4 Å². The lowest BCUT2D eigenvalue weighted by atomic mass is 10.1. The molecular formula is C30H28N10O. The van der Waals surface area contributed by atoms with Crippen LogP contribution in [0, 0.1) is 11.3 Å². The smallest absolute Gasteiger partial charge is 0.278 e. The van der Waals surface area contributed by atoms with Gasteiger partial charge in [0.25, 0.3) is 5.56 Å². The van der Waals surface area contributed by atoms with E-state index in [9.17, 15) is 10.1 Å². The summed E-state index contributed by atoms with van der Waals surface area (Å²) in [6.45, 7) is 8.14. The zero-order valence-electron chi connectivity index (χ0n) is 22.6. The van der Waals surface area contributed by atoms with Gasteiger partial charge in [0.05, 0.1) is 17.8 Å². The molecule has 0 bridgehead atoms. The number of pyridine rings is 2. The highest BCUT2D eigenvalue weighted by atomic mass is 16.1. The quantitative estimate of drug-likeness (QED) is 0.306. The predicted octanol–water partition coefficient (Wildman–Crippen LogP) is 3.59. The highest BCUT2D eigenvalue weighted by molar-refractivity contribution is 5.77. The van der Waals surface area contributed by atoms with Crippen LogP contribution in [0.25, 0.3) is 28.1 Å². The molecule has 1 aromatic carbocycles. The van der Waals surface area contributed by atoms with Crippen molar-refractivity contribution < 1.29 is 0 Å². The van der Waals surface area contributed by atoms with Crippen LogP contribution in [0.15, 0.2) is 84.6 Å². The standard InChI is InChI=1S/C30H28N10O/c1-3-13-39-29(41)25-20-33-30(34-22-7-9-23(10-8-22)38-16-14-37(2)15-17-38)36-28(25)40(39)27-6-4-5-26(35-27)24-11-12-32-19-21(24)18-31/h3-12,19-20H,1,13-17H2,2H3,(H,33,34,36). The monoisotopic (exact) mass is 544 g/mol. The van der Waals surface area contributed by atoms with Crippen molar-refractivity contribution in [1.82, 2.24) is 34.2 Å². The number of nitrogens with one attached hydrogen (secondary N) is 1. The van der Waals surface area contributed by atoms with Gasteiger partial charge in [0.1, 0.15) is 11.5 Å². The normalized spacial score (nSPS) is 13.7. The van der Waals surface area contributed by atoms with Gasteiger partial charge in [-0.2, -0.15) is 10.2 Å². The lowest BCUT2D eigenvalue weighted by Gasteiger charge is -2.34. The molecule has 1 aliphatic rings. The average Bonchev–Trinajstić information content (AvgIpc) is 3.28. The summed E-state index contributed by atoms with van der Waals surface area (Å²) < 4.78 is 3.18. The van der Waals surface area contributed by atoms with Gasteiger partial charge in [-0.15, -0.1) is 6.58 Å². The fourth-order valence-electron chi connectivity index (χ4n) is 4.96. The molecule has 0 saturated carbocycles. The fraction of sp³-hybridized carbons (Fsp3) is 0.200. The van der Waals surface area contributed by atoms with Crippen molar-refractivity contribution in [3.05, 3.63) is 95.7 Å². The Hall–Kier alpha value is -5.34. The molecule has 1 saturated heterocycles. The minimum Gasteiger partial charge on any atom is -0.369 e. The summed E-state index contributed by atoms with van der Waals surface area (Å²) in [7, 11) is 2.14. The second-order valence-corrected chi connectivity index (χ2v) is 9.79. The van der Waals surface area contributed by atoms with Crippen LogP contribution >= 0.6 is 0 Å². The molecule has 0 spiro atoms. The molecule has 0 aliphatic carbocycles. The van der Waals surface area contributed by atoms with E-state index in [0.717, 1.165) is 31.9 Å². The topological polar surface area (TPSA) is 121 Å². The number of benzene rings is 1. The number of nitrogens with zero attached hydrogens (tertiary/aromatic N) is 9. The Labute approximate surface area is 236 Å². The third-order valence-corrected chi connectivity index (χ3v) is 7.14. The molecule has 1 N–H and O–H groups in total. The number of hydrogen-bond acceptors (Lipinski definition) is 9. The SMILES string of the molecule is C=CCn1c(=O)c2cnc(Nc3ccc(N4CCN(C)CC4)cc3)nc2n1-c1cccc(-c2ccncc2C#N)n1. The first-order valence-corrected chi connectivity index (χ1v) is 13.3. The van der Waals surface area contributed by atoms with Gasteiger partial charge in [-0.3, -0.25) is 9.78 Å². The maximum atomic E-state index is 13.4. The summed E-state index contributed by atoms with van der Waals surface area (Å²) in [5.74, 6) is 0.824. The van der Waals surface area contributed by atoms with Crippen LogP contribution < -0.4 is 15.8 Å². The molecule has 5 aromatic rings. The maximum Gasteiger partial charge on any atom is 0.278 e. The predicted molar refractivity (Wildman–Crippen MR) is 158 cm³/mol. The highest BCUT2D eigenvalue weighted by Crippen LogP contribution is 2.25. The first-order valence-electron chi connectivity index (χ1n) is 13.3. The fourth-order valence-corrected chi connectivity index (χ4v) is 4.96. The number of anilines is 3. The summed E-state index contributed by atoms with van der Waals surface area (Å²) in [5, 5.41) is 13.2. The van der Waals surface area contributed by atoms with Crippen molar-refractivity contribution in [3.63, 3.8) is 0 Å². The molecule has 0 unspecified atom stereocenters. The Balaban J connectivity index is 1.37. The largest absolute Gasteiger partial charge is 0.369 e. The third-order valence-electron chi connectivity index (χ3n) is 7.14. The van der Waals surface area contributed by atoms with E-state index in [1.807, 2.05) is 24.3 Å².